The lowest BCUT2D eigenvalue weighted by Gasteiger charge is -1.91. The third kappa shape index (κ3) is 2.07. The van der Waals surface area contributed by atoms with E-state index in [9.17, 15) is 4.79 Å². The van der Waals surface area contributed by atoms with Gasteiger partial charge in [-0.15, -0.1) is 0 Å². The zero-order valence-electron chi connectivity index (χ0n) is 5.22. The maximum atomic E-state index is 10.5. The second-order valence-electron chi connectivity index (χ2n) is 1.66. The minimum absolute atomic E-state index is 0.0730. The molecule has 1 aromatic heterocycles. The molecule has 1 heterocycles. The number of carbonyl (C=O) groups is 1. The van der Waals surface area contributed by atoms with Gasteiger partial charge in [0, 0.05) is 6.92 Å². The smallest absolute Gasteiger partial charge is 0.221 e. The average molecular weight is 221 g/mol. The average Bonchev–Trinajstić information content (AvgIpc) is 2.13. The molecule has 5 heteroatoms. The summed E-state index contributed by atoms with van der Waals surface area (Å²) in [5.74, 6) is -0.0730. The van der Waals surface area contributed by atoms with Crippen LogP contribution in [0.1, 0.15) is 6.92 Å². The normalized spacial score (nSPS) is 9.40. The molecule has 0 aliphatic rings. The maximum Gasteiger partial charge on any atom is 0.221 e. The fraction of sp³-hybridized carbons (Fsp3) is 0.200. The summed E-state index contributed by atoms with van der Waals surface area (Å²) in [6.45, 7) is 1.47. The van der Waals surface area contributed by atoms with Crippen LogP contribution in [0.4, 0.5) is 5.00 Å². The van der Waals surface area contributed by atoms with E-state index in [1.165, 1.54) is 18.3 Å². The van der Waals surface area contributed by atoms with Gasteiger partial charge in [-0.2, -0.15) is 0 Å². The number of anilines is 1. The van der Waals surface area contributed by atoms with Crippen LogP contribution in [-0.2, 0) is 4.79 Å². The molecular weight excluding hydrogens is 216 g/mol. The fourth-order valence-corrected chi connectivity index (χ4v) is 1.70. The fourth-order valence-electron chi connectivity index (χ4n) is 0.484. The van der Waals surface area contributed by atoms with Crippen molar-refractivity contribution in [2.24, 2.45) is 0 Å². The Morgan fingerprint density at radius 2 is 2.60 bits per heavy atom. The topological polar surface area (TPSA) is 42.0 Å². The van der Waals surface area contributed by atoms with Gasteiger partial charge < -0.3 is 5.32 Å². The van der Waals surface area contributed by atoms with Gasteiger partial charge in [-0.1, -0.05) is 11.3 Å². The van der Waals surface area contributed by atoms with Crippen LogP contribution in [0.5, 0.6) is 0 Å². The van der Waals surface area contributed by atoms with Crippen molar-refractivity contribution in [3.05, 3.63) is 10.1 Å². The third-order valence-electron chi connectivity index (χ3n) is 0.777. The van der Waals surface area contributed by atoms with E-state index in [4.69, 9.17) is 0 Å². The zero-order chi connectivity index (χ0) is 7.56. The summed E-state index contributed by atoms with van der Waals surface area (Å²) in [5.41, 5.74) is 0. The molecule has 1 rings (SSSR count). The number of nitrogens with zero attached hydrogens (tertiary/aromatic N) is 1. The summed E-state index contributed by atoms with van der Waals surface area (Å²) >= 11 is 4.57. The van der Waals surface area contributed by atoms with Crippen molar-refractivity contribution in [1.29, 1.82) is 0 Å². The Morgan fingerprint density at radius 3 is 3.00 bits per heavy atom. The Balaban J connectivity index is 2.67. The van der Waals surface area contributed by atoms with Crippen LogP contribution in [0.25, 0.3) is 0 Å². The Hall–Kier alpha value is -0.420. The Bertz CT molecular complexity index is 248. The van der Waals surface area contributed by atoms with Gasteiger partial charge in [0.1, 0.15) is 5.00 Å². The second kappa shape index (κ2) is 3.12. The molecule has 0 atom stereocenters. The SMILES string of the molecule is CC(=O)Nc1cnc(Br)s1. The highest BCUT2D eigenvalue weighted by molar-refractivity contribution is 9.11. The first-order chi connectivity index (χ1) is 4.68. The van der Waals surface area contributed by atoms with E-state index in [0.29, 0.717) is 0 Å². The van der Waals surface area contributed by atoms with Gasteiger partial charge in [0.2, 0.25) is 5.91 Å². The van der Waals surface area contributed by atoms with E-state index in [0.717, 1.165) is 8.92 Å². The largest absolute Gasteiger partial charge is 0.317 e. The van der Waals surface area contributed by atoms with E-state index < -0.39 is 0 Å². The number of rotatable bonds is 1. The summed E-state index contributed by atoms with van der Waals surface area (Å²) in [7, 11) is 0. The molecule has 0 spiro atoms. The number of hydrogen-bond donors (Lipinski definition) is 1. The van der Waals surface area contributed by atoms with Gasteiger partial charge in [0.05, 0.1) is 6.20 Å². The number of amides is 1. The van der Waals surface area contributed by atoms with E-state index in [1.54, 1.807) is 6.20 Å². The van der Waals surface area contributed by atoms with Gasteiger partial charge >= 0.3 is 0 Å². The summed E-state index contributed by atoms with van der Waals surface area (Å²) in [6.07, 6.45) is 1.61. The van der Waals surface area contributed by atoms with Gasteiger partial charge in [0.15, 0.2) is 3.92 Å². The number of hydrogen-bond acceptors (Lipinski definition) is 3. The van der Waals surface area contributed by atoms with E-state index in [1.807, 2.05) is 0 Å². The highest BCUT2D eigenvalue weighted by Crippen LogP contribution is 2.22. The molecule has 0 aliphatic carbocycles. The predicted molar refractivity (Wildman–Crippen MR) is 44.1 cm³/mol. The lowest BCUT2D eigenvalue weighted by Crippen LogP contribution is -2.03. The van der Waals surface area contributed by atoms with Crippen LogP contribution in [0, 0.1) is 0 Å². The molecule has 0 radical (unpaired) electrons. The van der Waals surface area contributed by atoms with Crippen LogP contribution in [0.15, 0.2) is 10.1 Å². The molecule has 3 nitrogen and oxygen atoms in total. The number of nitrogens with one attached hydrogen (secondary N) is 1. The number of halogens is 1. The monoisotopic (exact) mass is 220 g/mol. The quantitative estimate of drug-likeness (QED) is 0.786. The van der Waals surface area contributed by atoms with Gasteiger partial charge in [-0.25, -0.2) is 4.98 Å². The molecule has 0 saturated carbocycles. The summed E-state index contributed by atoms with van der Waals surface area (Å²) in [4.78, 5) is 14.4. The van der Waals surface area contributed by atoms with E-state index >= 15 is 0 Å². The number of carbonyl (C=O) groups excluding carboxylic acids is 1. The van der Waals surface area contributed by atoms with Crippen molar-refractivity contribution >= 4 is 38.2 Å². The summed E-state index contributed by atoms with van der Waals surface area (Å²) in [6, 6.07) is 0. The number of thiazole rings is 1. The minimum Gasteiger partial charge on any atom is -0.317 e. The molecule has 0 unspecified atom stereocenters. The van der Waals surface area contributed by atoms with Gasteiger partial charge in [-0.05, 0) is 15.9 Å². The zero-order valence-corrected chi connectivity index (χ0v) is 7.62. The lowest BCUT2D eigenvalue weighted by molar-refractivity contribution is -0.114. The first-order valence-electron chi connectivity index (χ1n) is 2.57. The molecule has 0 aliphatic heterocycles. The Morgan fingerprint density at radius 1 is 1.90 bits per heavy atom. The van der Waals surface area contributed by atoms with Crippen molar-refractivity contribution in [3.8, 4) is 0 Å². The van der Waals surface area contributed by atoms with Crippen molar-refractivity contribution in [3.63, 3.8) is 0 Å². The van der Waals surface area contributed by atoms with Gasteiger partial charge in [0.25, 0.3) is 0 Å². The first kappa shape index (κ1) is 7.68. The summed E-state index contributed by atoms with van der Waals surface area (Å²) < 4.78 is 0.774. The van der Waals surface area contributed by atoms with E-state index in [-0.39, 0.29) is 5.91 Å². The van der Waals surface area contributed by atoms with Crippen LogP contribution < -0.4 is 5.32 Å². The van der Waals surface area contributed by atoms with Crippen molar-refractivity contribution < 1.29 is 4.79 Å². The molecule has 0 fully saturated rings. The molecular formula is C5H5BrN2OS. The molecule has 54 valence electrons. The highest BCUT2D eigenvalue weighted by atomic mass is 79.9. The first-order valence-corrected chi connectivity index (χ1v) is 4.18. The third-order valence-corrected chi connectivity index (χ3v) is 2.17. The van der Waals surface area contributed by atoms with Crippen LogP contribution in [-0.4, -0.2) is 10.9 Å². The van der Waals surface area contributed by atoms with Gasteiger partial charge in [-0.3, -0.25) is 4.79 Å². The Labute approximate surface area is 70.6 Å². The second-order valence-corrected chi connectivity index (χ2v) is 3.97. The van der Waals surface area contributed by atoms with Crippen molar-refractivity contribution in [1.82, 2.24) is 4.98 Å². The van der Waals surface area contributed by atoms with Crippen LogP contribution in [0.3, 0.4) is 0 Å². The molecule has 0 aromatic carbocycles. The summed E-state index contributed by atoms with van der Waals surface area (Å²) in [5, 5.41) is 3.38. The predicted octanol–water partition coefficient (Wildman–Crippen LogP) is 1.86. The molecule has 0 bridgehead atoms. The maximum absolute atomic E-state index is 10.5. The van der Waals surface area contributed by atoms with Crippen molar-refractivity contribution in [2.75, 3.05) is 5.32 Å². The molecule has 1 N–H and O–H groups in total. The Kier molecular flexibility index (Phi) is 2.39. The molecule has 10 heavy (non-hydrogen) atoms. The van der Waals surface area contributed by atoms with Crippen molar-refractivity contribution in [2.45, 2.75) is 6.92 Å². The standard InChI is InChI=1S/C5H5BrN2OS/c1-3(9)8-4-2-7-5(6)10-4/h2H,1H3,(H,8,9). The molecule has 0 saturated heterocycles. The van der Waals surface area contributed by atoms with Crippen LogP contribution in [0.2, 0.25) is 0 Å². The van der Waals surface area contributed by atoms with E-state index in [2.05, 4.69) is 26.2 Å². The number of aromatic nitrogens is 1. The van der Waals surface area contributed by atoms with Crippen LogP contribution >= 0.6 is 27.3 Å². The molecule has 1 aromatic rings. The molecule has 1 amide bonds. The minimum atomic E-state index is -0.0730. The lowest BCUT2D eigenvalue weighted by atomic mass is 10.7. The highest BCUT2D eigenvalue weighted by Gasteiger charge is 1.98.